The lowest BCUT2D eigenvalue weighted by Crippen LogP contribution is -2.27. The maximum Gasteiger partial charge on any atom is 0.251 e. The Morgan fingerprint density at radius 3 is 2.52 bits per heavy atom. The van der Waals surface area contributed by atoms with E-state index in [0.717, 1.165) is 17.7 Å². The van der Waals surface area contributed by atoms with Gasteiger partial charge in [0.15, 0.2) is 11.6 Å². The van der Waals surface area contributed by atoms with Crippen LogP contribution in [0.2, 0.25) is 0 Å². The van der Waals surface area contributed by atoms with Crippen LogP contribution in [0.5, 0.6) is 0 Å². The lowest BCUT2D eigenvalue weighted by Gasteiger charge is -2.07. The van der Waals surface area contributed by atoms with Gasteiger partial charge in [0, 0.05) is 30.3 Å². The summed E-state index contributed by atoms with van der Waals surface area (Å²) in [6, 6.07) is 10.2. The van der Waals surface area contributed by atoms with Gasteiger partial charge in [0.1, 0.15) is 0 Å². The summed E-state index contributed by atoms with van der Waals surface area (Å²) in [7, 11) is 0. The van der Waals surface area contributed by atoms with Crippen molar-refractivity contribution in [3.05, 3.63) is 65.2 Å². The highest BCUT2D eigenvalue weighted by Gasteiger charge is 2.08. The highest BCUT2D eigenvalue weighted by atomic mass is 19.2. The first kappa shape index (κ1) is 16.6. The zero-order valence-electron chi connectivity index (χ0n) is 12.5. The Bertz CT molecular complexity index is 732. The molecule has 2 N–H and O–H groups in total. The molecule has 2 aromatic carbocycles. The molecule has 0 bridgehead atoms. The number of benzene rings is 2. The van der Waals surface area contributed by atoms with Crippen LogP contribution in [0.4, 0.5) is 14.5 Å². The molecule has 0 saturated heterocycles. The van der Waals surface area contributed by atoms with Crippen molar-refractivity contribution in [2.24, 2.45) is 0 Å². The molecule has 2 aromatic rings. The van der Waals surface area contributed by atoms with Crippen LogP contribution in [0.25, 0.3) is 0 Å². The SMILES string of the molecule is Cc1cccc(C(=O)NCCC(=O)Nc2ccc(F)c(F)c2)c1. The molecule has 0 saturated carbocycles. The van der Waals surface area contributed by atoms with E-state index >= 15 is 0 Å². The number of aryl methyl sites for hydroxylation is 1. The van der Waals surface area contributed by atoms with Gasteiger partial charge in [0.05, 0.1) is 0 Å². The second-order valence-corrected chi connectivity index (χ2v) is 5.05. The van der Waals surface area contributed by atoms with E-state index in [1.54, 1.807) is 18.2 Å². The summed E-state index contributed by atoms with van der Waals surface area (Å²) < 4.78 is 25.8. The number of rotatable bonds is 5. The molecule has 6 heteroatoms. The Balaban J connectivity index is 1.80. The van der Waals surface area contributed by atoms with Gasteiger partial charge in [-0.25, -0.2) is 8.78 Å². The summed E-state index contributed by atoms with van der Waals surface area (Å²) in [5.41, 5.74) is 1.65. The predicted octanol–water partition coefficient (Wildman–Crippen LogP) is 3.03. The molecule has 2 rings (SSSR count). The maximum absolute atomic E-state index is 13.0. The third-order valence-electron chi connectivity index (χ3n) is 3.12. The quantitative estimate of drug-likeness (QED) is 0.890. The Kier molecular flexibility index (Phi) is 5.41. The van der Waals surface area contributed by atoms with E-state index in [0.29, 0.717) is 5.56 Å². The van der Waals surface area contributed by atoms with Crippen LogP contribution in [0, 0.1) is 18.6 Å². The van der Waals surface area contributed by atoms with E-state index in [1.807, 2.05) is 13.0 Å². The molecule has 0 aliphatic heterocycles. The van der Waals surface area contributed by atoms with Gasteiger partial charge in [-0.05, 0) is 31.2 Å². The number of nitrogens with one attached hydrogen (secondary N) is 2. The molecule has 0 radical (unpaired) electrons. The molecular formula is C17H16F2N2O2. The molecule has 0 unspecified atom stereocenters. The molecule has 120 valence electrons. The van der Waals surface area contributed by atoms with Crippen molar-refractivity contribution in [3.63, 3.8) is 0 Å². The summed E-state index contributed by atoms with van der Waals surface area (Å²) in [6.45, 7) is 2.02. The van der Waals surface area contributed by atoms with E-state index in [1.165, 1.54) is 6.07 Å². The standard InChI is InChI=1S/C17H16F2N2O2/c1-11-3-2-4-12(9-11)17(23)20-8-7-16(22)21-13-5-6-14(18)15(19)10-13/h2-6,9-10H,7-8H2,1H3,(H,20,23)(H,21,22). The molecule has 23 heavy (non-hydrogen) atoms. The zero-order valence-corrected chi connectivity index (χ0v) is 12.5. The van der Waals surface area contributed by atoms with Crippen molar-refractivity contribution in [1.82, 2.24) is 5.32 Å². The van der Waals surface area contributed by atoms with Gasteiger partial charge in [-0.3, -0.25) is 9.59 Å². The Morgan fingerprint density at radius 2 is 1.83 bits per heavy atom. The fraction of sp³-hybridized carbons (Fsp3) is 0.176. The lowest BCUT2D eigenvalue weighted by atomic mass is 10.1. The van der Waals surface area contributed by atoms with Gasteiger partial charge >= 0.3 is 0 Å². The van der Waals surface area contributed by atoms with Crippen LogP contribution in [0.15, 0.2) is 42.5 Å². The average Bonchev–Trinajstić information content (AvgIpc) is 2.51. The second-order valence-electron chi connectivity index (χ2n) is 5.05. The number of amides is 2. The molecule has 4 nitrogen and oxygen atoms in total. The van der Waals surface area contributed by atoms with Crippen LogP contribution < -0.4 is 10.6 Å². The van der Waals surface area contributed by atoms with Crippen molar-refractivity contribution in [3.8, 4) is 0 Å². The van der Waals surface area contributed by atoms with Crippen LogP contribution >= 0.6 is 0 Å². The summed E-state index contributed by atoms with van der Waals surface area (Å²) in [5, 5.41) is 5.07. The van der Waals surface area contributed by atoms with Gasteiger partial charge in [0.25, 0.3) is 5.91 Å². The van der Waals surface area contributed by atoms with Crippen molar-refractivity contribution < 1.29 is 18.4 Å². The van der Waals surface area contributed by atoms with E-state index in [4.69, 9.17) is 0 Å². The van der Waals surface area contributed by atoms with Gasteiger partial charge in [-0.2, -0.15) is 0 Å². The third kappa shape index (κ3) is 4.88. The first-order valence-corrected chi connectivity index (χ1v) is 7.05. The summed E-state index contributed by atoms with van der Waals surface area (Å²) in [5.74, 6) is -2.68. The van der Waals surface area contributed by atoms with Gasteiger partial charge in [-0.15, -0.1) is 0 Å². The lowest BCUT2D eigenvalue weighted by molar-refractivity contribution is -0.116. The molecule has 0 fully saturated rings. The molecule has 0 aromatic heterocycles. The van der Waals surface area contributed by atoms with Crippen LogP contribution in [-0.4, -0.2) is 18.4 Å². The van der Waals surface area contributed by atoms with E-state index < -0.39 is 17.5 Å². The number of hydrogen-bond donors (Lipinski definition) is 2. The number of hydrogen-bond acceptors (Lipinski definition) is 2. The average molecular weight is 318 g/mol. The van der Waals surface area contributed by atoms with E-state index in [-0.39, 0.29) is 24.6 Å². The van der Waals surface area contributed by atoms with E-state index in [9.17, 15) is 18.4 Å². The molecule has 0 aliphatic rings. The van der Waals surface area contributed by atoms with Crippen molar-refractivity contribution in [2.45, 2.75) is 13.3 Å². The monoisotopic (exact) mass is 318 g/mol. The van der Waals surface area contributed by atoms with Crippen LogP contribution in [-0.2, 0) is 4.79 Å². The predicted molar refractivity (Wildman–Crippen MR) is 83.1 cm³/mol. The second kappa shape index (κ2) is 7.49. The van der Waals surface area contributed by atoms with Gasteiger partial charge < -0.3 is 10.6 Å². The zero-order chi connectivity index (χ0) is 16.8. The van der Waals surface area contributed by atoms with Crippen molar-refractivity contribution in [2.75, 3.05) is 11.9 Å². The van der Waals surface area contributed by atoms with Crippen molar-refractivity contribution >= 4 is 17.5 Å². The van der Waals surface area contributed by atoms with Gasteiger partial charge in [-0.1, -0.05) is 17.7 Å². The van der Waals surface area contributed by atoms with Crippen LogP contribution in [0.1, 0.15) is 22.3 Å². The minimum absolute atomic E-state index is 0.0244. The first-order chi connectivity index (χ1) is 11.0. The molecular weight excluding hydrogens is 302 g/mol. The number of carbonyl (C=O) groups excluding carboxylic acids is 2. The molecule has 0 spiro atoms. The fourth-order valence-electron chi connectivity index (χ4n) is 1.98. The van der Waals surface area contributed by atoms with Gasteiger partial charge in [0.2, 0.25) is 5.91 Å². The highest BCUT2D eigenvalue weighted by molar-refractivity contribution is 5.95. The minimum atomic E-state index is -1.03. The topological polar surface area (TPSA) is 58.2 Å². The highest BCUT2D eigenvalue weighted by Crippen LogP contribution is 2.13. The Morgan fingerprint density at radius 1 is 1.04 bits per heavy atom. The molecule has 0 heterocycles. The summed E-state index contributed by atoms with van der Waals surface area (Å²) in [6.07, 6.45) is 0.0244. The number of anilines is 1. The molecule has 2 amide bonds. The fourth-order valence-corrected chi connectivity index (χ4v) is 1.98. The number of carbonyl (C=O) groups is 2. The molecule has 0 atom stereocenters. The van der Waals surface area contributed by atoms with Crippen molar-refractivity contribution in [1.29, 1.82) is 0 Å². The Hall–Kier alpha value is -2.76. The summed E-state index contributed by atoms with van der Waals surface area (Å²) in [4.78, 5) is 23.6. The largest absolute Gasteiger partial charge is 0.352 e. The third-order valence-corrected chi connectivity index (χ3v) is 3.12. The smallest absolute Gasteiger partial charge is 0.251 e. The minimum Gasteiger partial charge on any atom is -0.352 e. The normalized spacial score (nSPS) is 10.2. The maximum atomic E-state index is 13.0. The summed E-state index contributed by atoms with van der Waals surface area (Å²) >= 11 is 0. The molecule has 0 aliphatic carbocycles. The van der Waals surface area contributed by atoms with E-state index in [2.05, 4.69) is 10.6 Å². The first-order valence-electron chi connectivity index (χ1n) is 7.05. The Labute approximate surface area is 132 Å². The number of halogens is 2. The van der Waals surface area contributed by atoms with Crippen LogP contribution in [0.3, 0.4) is 0 Å².